The van der Waals surface area contributed by atoms with Crippen LogP contribution in [-0.4, -0.2) is 47.2 Å². The second-order valence-corrected chi connectivity index (χ2v) is 6.22. The molecular formula is C12H20F2N2O2. The molecule has 0 bridgehead atoms. The second-order valence-electron chi connectivity index (χ2n) is 6.22. The number of ether oxygens (including phenoxy) is 1. The largest absolute Gasteiger partial charge is 0.444 e. The number of fused-ring (bicyclic) bond motifs is 1. The molecule has 3 atom stereocenters. The van der Waals surface area contributed by atoms with Crippen LogP contribution < -0.4 is 5.32 Å². The molecule has 1 amide bonds. The van der Waals surface area contributed by atoms with Crippen molar-refractivity contribution in [3.63, 3.8) is 0 Å². The summed E-state index contributed by atoms with van der Waals surface area (Å²) in [6, 6.07) is -1.42. The Kier molecular flexibility index (Phi) is 3.04. The van der Waals surface area contributed by atoms with E-state index in [-0.39, 0.29) is 6.04 Å². The van der Waals surface area contributed by atoms with Crippen molar-refractivity contribution in [3.05, 3.63) is 0 Å². The van der Waals surface area contributed by atoms with E-state index in [1.165, 1.54) is 4.90 Å². The van der Waals surface area contributed by atoms with Gasteiger partial charge in [0.05, 0.1) is 18.6 Å². The average Bonchev–Trinajstić information content (AvgIpc) is 2.62. The number of amides is 1. The minimum atomic E-state index is -2.88. The molecule has 0 saturated carbocycles. The molecule has 1 N–H and O–H groups in total. The SMILES string of the molecule is CC1C[C@H]2[C@@H](N1)C(F)(F)CN2C(=O)OC(C)(C)C. The number of nitrogens with zero attached hydrogens (tertiary/aromatic N) is 1. The van der Waals surface area contributed by atoms with E-state index < -0.39 is 36.2 Å². The van der Waals surface area contributed by atoms with Crippen molar-refractivity contribution >= 4 is 6.09 Å². The van der Waals surface area contributed by atoms with E-state index in [0.29, 0.717) is 6.42 Å². The Morgan fingerprint density at radius 3 is 2.61 bits per heavy atom. The molecule has 0 radical (unpaired) electrons. The van der Waals surface area contributed by atoms with E-state index in [4.69, 9.17) is 4.74 Å². The number of nitrogens with one attached hydrogen (secondary N) is 1. The predicted molar refractivity (Wildman–Crippen MR) is 62.7 cm³/mol. The third-order valence-electron chi connectivity index (χ3n) is 3.31. The highest BCUT2D eigenvalue weighted by Crippen LogP contribution is 2.39. The molecule has 2 fully saturated rings. The molecule has 104 valence electrons. The number of hydrogen-bond donors (Lipinski definition) is 1. The minimum Gasteiger partial charge on any atom is -0.444 e. The lowest BCUT2D eigenvalue weighted by atomic mass is 10.1. The third kappa shape index (κ3) is 2.43. The maximum atomic E-state index is 13.8. The molecule has 2 saturated heterocycles. The van der Waals surface area contributed by atoms with Crippen molar-refractivity contribution < 1.29 is 18.3 Å². The smallest absolute Gasteiger partial charge is 0.410 e. The molecule has 2 rings (SSSR count). The summed E-state index contributed by atoms with van der Waals surface area (Å²) in [5, 5.41) is 2.85. The van der Waals surface area contributed by atoms with Gasteiger partial charge in [-0.25, -0.2) is 13.6 Å². The summed E-state index contributed by atoms with van der Waals surface area (Å²) in [5.41, 5.74) is -0.665. The lowest BCUT2D eigenvalue weighted by molar-refractivity contribution is -0.0171. The highest BCUT2D eigenvalue weighted by molar-refractivity contribution is 5.69. The van der Waals surface area contributed by atoms with Gasteiger partial charge >= 0.3 is 6.09 Å². The van der Waals surface area contributed by atoms with Gasteiger partial charge in [-0.1, -0.05) is 0 Å². The van der Waals surface area contributed by atoms with Crippen LogP contribution in [0.4, 0.5) is 13.6 Å². The van der Waals surface area contributed by atoms with Crippen molar-refractivity contribution in [2.75, 3.05) is 6.54 Å². The van der Waals surface area contributed by atoms with E-state index >= 15 is 0 Å². The summed E-state index contributed by atoms with van der Waals surface area (Å²) in [5.74, 6) is -2.88. The van der Waals surface area contributed by atoms with Crippen molar-refractivity contribution in [2.24, 2.45) is 0 Å². The minimum absolute atomic E-state index is 0.00360. The monoisotopic (exact) mass is 262 g/mol. The maximum absolute atomic E-state index is 13.8. The summed E-state index contributed by atoms with van der Waals surface area (Å²) < 4.78 is 32.8. The van der Waals surface area contributed by atoms with Gasteiger partial charge in [-0.15, -0.1) is 0 Å². The second kappa shape index (κ2) is 4.05. The topological polar surface area (TPSA) is 41.6 Å². The first-order valence-electron chi connectivity index (χ1n) is 6.24. The molecule has 2 aliphatic rings. The zero-order chi connectivity index (χ0) is 13.7. The summed E-state index contributed by atoms with van der Waals surface area (Å²) in [7, 11) is 0. The third-order valence-corrected chi connectivity index (χ3v) is 3.31. The normalized spacial score (nSPS) is 34.6. The van der Waals surface area contributed by atoms with Gasteiger partial charge in [0.2, 0.25) is 0 Å². The van der Waals surface area contributed by atoms with Crippen molar-refractivity contribution in [1.82, 2.24) is 10.2 Å². The Balaban J connectivity index is 2.13. The van der Waals surface area contributed by atoms with Crippen LogP contribution in [0.3, 0.4) is 0 Å². The van der Waals surface area contributed by atoms with Gasteiger partial charge in [0.15, 0.2) is 0 Å². The van der Waals surface area contributed by atoms with Crippen LogP contribution in [0.2, 0.25) is 0 Å². The molecule has 2 aliphatic heterocycles. The van der Waals surface area contributed by atoms with Gasteiger partial charge in [-0.3, -0.25) is 4.90 Å². The zero-order valence-corrected chi connectivity index (χ0v) is 11.2. The number of rotatable bonds is 0. The Labute approximate surface area is 106 Å². The summed E-state index contributed by atoms with van der Waals surface area (Å²) in [6.45, 7) is 6.48. The summed E-state index contributed by atoms with van der Waals surface area (Å²) in [6.07, 6.45) is -0.106. The number of hydrogen-bond acceptors (Lipinski definition) is 3. The van der Waals surface area contributed by atoms with Gasteiger partial charge in [-0.2, -0.15) is 0 Å². The quantitative estimate of drug-likeness (QED) is 0.726. The van der Waals surface area contributed by atoms with E-state index in [2.05, 4.69) is 5.32 Å². The highest BCUT2D eigenvalue weighted by atomic mass is 19.3. The van der Waals surface area contributed by atoms with Gasteiger partial charge in [-0.05, 0) is 34.1 Å². The number of carbonyl (C=O) groups is 1. The highest BCUT2D eigenvalue weighted by Gasteiger charge is 2.59. The molecule has 0 aromatic carbocycles. The molecule has 0 aliphatic carbocycles. The van der Waals surface area contributed by atoms with Crippen LogP contribution in [-0.2, 0) is 4.74 Å². The first kappa shape index (κ1) is 13.5. The number of halogens is 2. The van der Waals surface area contributed by atoms with Gasteiger partial charge in [0.1, 0.15) is 5.60 Å². The van der Waals surface area contributed by atoms with Crippen LogP contribution >= 0.6 is 0 Å². The van der Waals surface area contributed by atoms with Crippen molar-refractivity contribution in [3.8, 4) is 0 Å². The van der Waals surface area contributed by atoms with Crippen LogP contribution in [0.5, 0.6) is 0 Å². The van der Waals surface area contributed by atoms with E-state index in [1.807, 2.05) is 6.92 Å². The van der Waals surface area contributed by atoms with Crippen LogP contribution in [0, 0.1) is 0 Å². The molecule has 1 unspecified atom stereocenters. The maximum Gasteiger partial charge on any atom is 0.410 e. The van der Waals surface area contributed by atoms with Gasteiger partial charge in [0.25, 0.3) is 5.92 Å². The lowest BCUT2D eigenvalue weighted by Gasteiger charge is -2.27. The summed E-state index contributed by atoms with van der Waals surface area (Å²) >= 11 is 0. The van der Waals surface area contributed by atoms with E-state index in [1.54, 1.807) is 20.8 Å². The van der Waals surface area contributed by atoms with Crippen LogP contribution in [0.1, 0.15) is 34.1 Å². The van der Waals surface area contributed by atoms with Gasteiger partial charge in [0, 0.05) is 6.04 Å². The average molecular weight is 262 g/mol. The molecule has 0 aromatic heterocycles. The molecule has 6 heteroatoms. The Hall–Kier alpha value is -0.910. The Morgan fingerprint density at radius 1 is 1.44 bits per heavy atom. The number of likely N-dealkylation sites (tertiary alicyclic amines) is 1. The standard InChI is InChI=1S/C12H20F2N2O2/c1-7-5-8-9(15-7)12(13,14)6-16(8)10(17)18-11(2,3)4/h7-9,15H,5-6H2,1-4H3/t7?,8-,9+/m0/s1. The molecule has 2 heterocycles. The Morgan fingerprint density at radius 2 is 2.06 bits per heavy atom. The summed E-state index contributed by atoms with van der Waals surface area (Å²) in [4.78, 5) is 13.1. The Bertz CT molecular complexity index is 354. The molecule has 4 nitrogen and oxygen atoms in total. The molecule has 18 heavy (non-hydrogen) atoms. The molecule has 0 spiro atoms. The zero-order valence-electron chi connectivity index (χ0n) is 11.2. The molecular weight excluding hydrogens is 242 g/mol. The predicted octanol–water partition coefficient (Wildman–Crippen LogP) is 1.99. The van der Waals surface area contributed by atoms with Crippen LogP contribution in [0.25, 0.3) is 0 Å². The molecule has 0 aromatic rings. The first-order chi connectivity index (χ1) is 8.10. The van der Waals surface area contributed by atoms with Crippen molar-refractivity contribution in [1.29, 1.82) is 0 Å². The fourth-order valence-corrected chi connectivity index (χ4v) is 2.66. The first-order valence-corrected chi connectivity index (χ1v) is 6.24. The van der Waals surface area contributed by atoms with Crippen LogP contribution in [0.15, 0.2) is 0 Å². The lowest BCUT2D eigenvalue weighted by Crippen LogP contribution is -2.43. The van der Waals surface area contributed by atoms with E-state index in [9.17, 15) is 13.6 Å². The van der Waals surface area contributed by atoms with Crippen molar-refractivity contribution in [2.45, 2.75) is 63.8 Å². The fraction of sp³-hybridized carbons (Fsp3) is 0.917. The van der Waals surface area contributed by atoms with Gasteiger partial charge < -0.3 is 10.1 Å². The fourth-order valence-electron chi connectivity index (χ4n) is 2.66. The number of alkyl halides is 2. The number of carbonyl (C=O) groups excluding carboxylic acids is 1. The van der Waals surface area contributed by atoms with E-state index in [0.717, 1.165) is 0 Å².